The first-order chi connectivity index (χ1) is 9.40. The Morgan fingerprint density at radius 3 is 2.55 bits per heavy atom. The van der Waals surface area contributed by atoms with Crippen molar-refractivity contribution in [1.82, 2.24) is 4.90 Å². The number of carbonyl (C=O) groups is 2. The molecule has 1 saturated heterocycles. The van der Waals surface area contributed by atoms with E-state index in [2.05, 4.69) is 0 Å². The minimum Gasteiger partial charge on any atom is -0.504 e. The summed E-state index contributed by atoms with van der Waals surface area (Å²) in [7, 11) is 0. The van der Waals surface area contributed by atoms with Crippen LogP contribution >= 0.6 is 0 Å². The number of nitrogens with zero attached hydrogens (tertiary/aromatic N) is 1. The maximum atomic E-state index is 12.4. The van der Waals surface area contributed by atoms with Gasteiger partial charge in [-0.1, -0.05) is 0 Å². The fourth-order valence-electron chi connectivity index (χ4n) is 2.44. The Balaban J connectivity index is 2.21. The molecule has 2 unspecified atom stereocenters. The Bertz CT molecular complexity index is 544. The fraction of sp³-hybridized carbons (Fsp3) is 0.429. The van der Waals surface area contributed by atoms with Gasteiger partial charge in [0.1, 0.15) is 0 Å². The van der Waals surface area contributed by atoms with Crippen LogP contribution in [0.4, 0.5) is 0 Å². The van der Waals surface area contributed by atoms with E-state index < -0.39 is 5.91 Å². The van der Waals surface area contributed by atoms with Gasteiger partial charge in [0.15, 0.2) is 11.5 Å². The maximum absolute atomic E-state index is 12.4. The Kier molecular flexibility index (Phi) is 3.83. The number of piperidine rings is 1. The lowest BCUT2D eigenvalue weighted by Gasteiger charge is -2.37. The summed E-state index contributed by atoms with van der Waals surface area (Å²) in [5, 5.41) is 18.7. The molecule has 20 heavy (non-hydrogen) atoms. The molecule has 6 nitrogen and oxygen atoms in total. The predicted molar refractivity (Wildman–Crippen MR) is 72.2 cm³/mol. The van der Waals surface area contributed by atoms with Gasteiger partial charge in [0.2, 0.25) is 5.91 Å². The van der Waals surface area contributed by atoms with Gasteiger partial charge in [-0.05, 0) is 38.0 Å². The van der Waals surface area contributed by atoms with Crippen molar-refractivity contribution in [2.24, 2.45) is 11.7 Å². The van der Waals surface area contributed by atoms with Gasteiger partial charge in [-0.15, -0.1) is 0 Å². The van der Waals surface area contributed by atoms with E-state index in [-0.39, 0.29) is 41.5 Å². The van der Waals surface area contributed by atoms with Crippen LogP contribution in [0.3, 0.4) is 0 Å². The highest BCUT2D eigenvalue weighted by Crippen LogP contribution is 2.28. The van der Waals surface area contributed by atoms with Crippen LogP contribution in [0.25, 0.3) is 0 Å². The van der Waals surface area contributed by atoms with Gasteiger partial charge in [0.25, 0.3) is 5.91 Å². The van der Waals surface area contributed by atoms with Crippen molar-refractivity contribution >= 4 is 11.8 Å². The number of carbonyl (C=O) groups excluding carboxylic acids is 2. The van der Waals surface area contributed by atoms with E-state index >= 15 is 0 Å². The summed E-state index contributed by atoms with van der Waals surface area (Å²) in [6.07, 6.45) is 1.39. The van der Waals surface area contributed by atoms with E-state index in [1.54, 1.807) is 4.90 Å². The van der Waals surface area contributed by atoms with Gasteiger partial charge in [-0.3, -0.25) is 9.59 Å². The summed E-state index contributed by atoms with van der Waals surface area (Å²) in [4.78, 5) is 25.3. The summed E-state index contributed by atoms with van der Waals surface area (Å²) < 4.78 is 0. The molecule has 0 spiro atoms. The van der Waals surface area contributed by atoms with Gasteiger partial charge < -0.3 is 20.8 Å². The summed E-state index contributed by atoms with van der Waals surface area (Å²) in [5.74, 6) is -1.63. The molecule has 1 aromatic carbocycles. The lowest BCUT2D eigenvalue weighted by molar-refractivity contribution is -0.123. The number of hydrogen-bond acceptors (Lipinski definition) is 4. The molecular weight excluding hydrogens is 260 g/mol. The zero-order chi connectivity index (χ0) is 14.9. The predicted octanol–water partition coefficient (Wildman–Crippen LogP) is 0.824. The molecule has 1 aromatic rings. The Labute approximate surface area is 116 Å². The molecule has 108 valence electrons. The third-order valence-electron chi connectivity index (χ3n) is 3.77. The summed E-state index contributed by atoms with van der Waals surface area (Å²) in [5.41, 5.74) is 5.58. The van der Waals surface area contributed by atoms with Crippen molar-refractivity contribution in [2.45, 2.75) is 25.8 Å². The number of phenols is 2. The van der Waals surface area contributed by atoms with Crippen molar-refractivity contribution in [3.8, 4) is 11.5 Å². The third-order valence-corrected chi connectivity index (χ3v) is 3.77. The van der Waals surface area contributed by atoms with E-state index in [0.717, 1.165) is 0 Å². The molecule has 2 amide bonds. The average Bonchev–Trinajstić information content (AvgIpc) is 2.41. The first-order valence-electron chi connectivity index (χ1n) is 6.52. The highest BCUT2D eigenvalue weighted by molar-refractivity contribution is 5.95. The number of amides is 2. The third kappa shape index (κ3) is 2.68. The standard InChI is InChI=1S/C14H18N2O4/c1-8-2-3-10(13(15)19)7-16(8)14(20)9-4-5-11(17)12(18)6-9/h4-6,8,10,17-18H,2-3,7H2,1H3,(H2,15,19). The average molecular weight is 278 g/mol. The first-order valence-corrected chi connectivity index (χ1v) is 6.52. The number of rotatable bonds is 2. The topological polar surface area (TPSA) is 104 Å². The second-order valence-electron chi connectivity index (χ2n) is 5.19. The van der Waals surface area contributed by atoms with Gasteiger partial charge in [-0.2, -0.15) is 0 Å². The van der Waals surface area contributed by atoms with Crippen LogP contribution in [0.5, 0.6) is 11.5 Å². The number of aromatic hydroxyl groups is 2. The molecule has 4 N–H and O–H groups in total. The lowest BCUT2D eigenvalue weighted by Crippen LogP contribution is -2.48. The molecule has 0 bridgehead atoms. The molecule has 1 fully saturated rings. The fourth-order valence-corrected chi connectivity index (χ4v) is 2.44. The van der Waals surface area contributed by atoms with E-state index in [0.29, 0.717) is 12.8 Å². The highest BCUT2D eigenvalue weighted by atomic mass is 16.3. The van der Waals surface area contributed by atoms with Gasteiger partial charge in [0.05, 0.1) is 5.92 Å². The smallest absolute Gasteiger partial charge is 0.254 e. The molecule has 0 aromatic heterocycles. The molecule has 1 aliphatic rings. The number of primary amides is 1. The Morgan fingerprint density at radius 2 is 1.95 bits per heavy atom. The molecule has 0 saturated carbocycles. The first kappa shape index (κ1) is 14.2. The molecule has 6 heteroatoms. The molecular formula is C14H18N2O4. The van der Waals surface area contributed by atoms with Gasteiger partial charge in [0, 0.05) is 18.2 Å². The van der Waals surface area contributed by atoms with Crippen LogP contribution in [0.15, 0.2) is 18.2 Å². The molecule has 0 aliphatic carbocycles. The SMILES string of the molecule is CC1CCC(C(N)=O)CN1C(=O)c1ccc(O)c(O)c1. The van der Waals surface area contributed by atoms with Crippen LogP contribution in [0.1, 0.15) is 30.1 Å². The summed E-state index contributed by atoms with van der Waals surface area (Å²) in [6.45, 7) is 2.20. The van der Waals surface area contributed by atoms with E-state index in [1.807, 2.05) is 6.92 Å². The Hall–Kier alpha value is -2.24. The summed E-state index contributed by atoms with van der Waals surface area (Å²) >= 11 is 0. The molecule has 1 heterocycles. The Morgan fingerprint density at radius 1 is 1.25 bits per heavy atom. The zero-order valence-corrected chi connectivity index (χ0v) is 11.2. The second-order valence-corrected chi connectivity index (χ2v) is 5.19. The van der Waals surface area contributed by atoms with Gasteiger partial charge >= 0.3 is 0 Å². The molecule has 0 radical (unpaired) electrons. The largest absolute Gasteiger partial charge is 0.504 e. The van der Waals surface area contributed by atoms with E-state index in [1.165, 1.54) is 18.2 Å². The van der Waals surface area contributed by atoms with Crippen LogP contribution < -0.4 is 5.73 Å². The summed E-state index contributed by atoms with van der Waals surface area (Å²) in [6, 6.07) is 3.94. The number of phenolic OH excluding ortho intramolecular Hbond substituents is 2. The highest BCUT2D eigenvalue weighted by Gasteiger charge is 2.32. The molecule has 2 atom stereocenters. The number of nitrogens with two attached hydrogens (primary N) is 1. The van der Waals surface area contributed by atoms with Crippen molar-refractivity contribution in [3.63, 3.8) is 0 Å². The minimum absolute atomic E-state index is 0.00838. The van der Waals surface area contributed by atoms with Crippen molar-refractivity contribution in [2.75, 3.05) is 6.54 Å². The molecule has 1 aliphatic heterocycles. The van der Waals surface area contributed by atoms with Crippen molar-refractivity contribution in [1.29, 1.82) is 0 Å². The second kappa shape index (κ2) is 5.40. The van der Waals surface area contributed by atoms with Crippen molar-refractivity contribution in [3.05, 3.63) is 23.8 Å². The maximum Gasteiger partial charge on any atom is 0.254 e. The van der Waals surface area contributed by atoms with Crippen LogP contribution in [-0.2, 0) is 4.79 Å². The van der Waals surface area contributed by atoms with E-state index in [4.69, 9.17) is 5.73 Å². The van der Waals surface area contributed by atoms with Crippen molar-refractivity contribution < 1.29 is 19.8 Å². The number of benzene rings is 1. The normalized spacial score (nSPS) is 22.6. The quantitative estimate of drug-likeness (QED) is 0.697. The van der Waals surface area contributed by atoms with Crippen LogP contribution in [0.2, 0.25) is 0 Å². The number of hydrogen-bond donors (Lipinski definition) is 3. The van der Waals surface area contributed by atoms with Crippen LogP contribution in [-0.4, -0.2) is 39.5 Å². The van der Waals surface area contributed by atoms with Crippen LogP contribution in [0, 0.1) is 5.92 Å². The molecule has 2 rings (SSSR count). The lowest BCUT2D eigenvalue weighted by atomic mass is 9.92. The number of likely N-dealkylation sites (tertiary alicyclic amines) is 1. The van der Waals surface area contributed by atoms with E-state index in [9.17, 15) is 19.8 Å². The van der Waals surface area contributed by atoms with Gasteiger partial charge in [-0.25, -0.2) is 0 Å². The zero-order valence-electron chi connectivity index (χ0n) is 11.2. The minimum atomic E-state index is -0.400. The monoisotopic (exact) mass is 278 g/mol.